The number of nitrogens with two attached hydrogens (primary N) is 1. The Balaban J connectivity index is 1.89. The topological polar surface area (TPSA) is 71.2 Å². The van der Waals surface area contributed by atoms with E-state index in [0.717, 1.165) is 30.4 Å². The van der Waals surface area contributed by atoms with Crippen molar-refractivity contribution < 1.29 is 4.79 Å². The quantitative estimate of drug-likeness (QED) is 0.885. The molecule has 0 saturated carbocycles. The second-order valence-electron chi connectivity index (χ2n) is 6.60. The van der Waals surface area contributed by atoms with Crippen molar-refractivity contribution in [1.82, 2.24) is 10.3 Å². The van der Waals surface area contributed by atoms with E-state index in [1.165, 1.54) is 12.8 Å². The number of carbonyl (C=O) groups excluding carboxylic acids is 1. The highest BCUT2D eigenvalue weighted by molar-refractivity contribution is 5.84. The van der Waals surface area contributed by atoms with Crippen molar-refractivity contribution in [2.24, 2.45) is 11.7 Å². The molecule has 116 valence electrons. The van der Waals surface area contributed by atoms with Crippen molar-refractivity contribution in [3.63, 3.8) is 0 Å². The molecule has 0 radical (unpaired) electrons. The average Bonchev–Trinajstić information content (AvgIpc) is 2.45. The van der Waals surface area contributed by atoms with Crippen LogP contribution >= 0.6 is 0 Å². The standard InChI is InChI=1S/C16H26N4O/c1-12-6-8-20(9-7-12)14-5-4-13(10-18-14)11-19-15(21)16(2,3)17/h4-5,10,12H,6-9,11,17H2,1-3H3,(H,19,21). The predicted octanol–water partition coefficient (Wildman–Crippen LogP) is 1.67. The van der Waals surface area contributed by atoms with Crippen LogP contribution < -0.4 is 16.0 Å². The highest BCUT2D eigenvalue weighted by atomic mass is 16.2. The molecule has 0 unspecified atom stereocenters. The third-order valence-corrected chi connectivity index (χ3v) is 3.96. The smallest absolute Gasteiger partial charge is 0.239 e. The van der Waals surface area contributed by atoms with Crippen molar-refractivity contribution in [2.45, 2.75) is 45.7 Å². The number of hydrogen-bond donors (Lipinski definition) is 2. The van der Waals surface area contributed by atoms with Crippen molar-refractivity contribution >= 4 is 11.7 Å². The van der Waals surface area contributed by atoms with Crippen LogP contribution in [0.2, 0.25) is 0 Å². The minimum absolute atomic E-state index is 0.156. The highest BCUT2D eigenvalue weighted by Gasteiger charge is 2.21. The van der Waals surface area contributed by atoms with Gasteiger partial charge in [0.15, 0.2) is 0 Å². The number of rotatable bonds is 4. The molecule has 0 spiro atoms. The van der Waals surface area contributed by atoms with Crippen molar-refractivity contribution in [1.29, 1.82) is 0 Å². The van der Waals surface area contributed by atoms with E-state index in [2.05, 4.69) is 22.1 Å². The van der Waals surface area contributed by atoms with Crippen LogP contribution in [0.1, 0.15) is 39.2 Å². The van der Waals surface area contributed by atoms with Gasteiger partial charge in [-0.25, -0.2) is 4.98 Å². The van der Waals surface area contributed by atoms with Gasteiger partial charge in [0.2, 0.25) is 5.91 Å². The maximum atomic E-state index is 11.7. The van der Waals surface area contributed by atoms with E-state index in [9.17, 15) is 4.79 Å². The summed E-state index contributed by atoms with van der Waals surface area (Å²) in [4.78, 5) is 18.6. The Kier molecular flexibility index (Phi) is 4.83. The van der Waals surface area contributed by atoms with Crippen molar-refractivity contribution in [2.75, 3.05) is 18.0 Å². The number of amides is 1. The SMILES string of the molecule is CC1CCN(c2ccc(CNC(=O)C(C)(C)N)cn2)CC1. The lowest BCUT2D eigenvalue weighted by Gasteiger charge is -2.31. The maximum absolute atomic E-state index is 11.7. The minimum atomic E-state index is -0.849. The van der Waals surface area contributed by atoms with Gasteiger partial charge in [-0.05, 0) is 44.2 Å². The summed E-state index contributed by atoms with van der Waals surface area (Å²) in [6.45, 7) is 8.30. The zero-order chi connectivity index (χ0) is 15.5. The van der Waals surface area contributed by atoms with Crippen LogP contribution in [0.4, 0.5) is 5.82 Å². The molecule has 0 atom stereocenters. The first-order valence-corrected chi connectivity index (χ1v) is 7.63. The molecule has 0 aromatic carbocycles. The number of pyridine rings is 1. The Labute approximate surface area is 126 Å². The van der Waals surface area contributed by atoms with Crippen LogP contribution in [-0.2, 0) is 11.3 Å². The number of nitrogens with zero attached hydrogens (tertiary/aromatic N) is 2. The van der Waals surface area contributed by atoms with Gasteiger partial charge in [-0.2, -0.15) is 0 Å². The Hall–Kier alpha value is -1.62. The van der Waals surface area contributed by atoms with Gasteiger partial charge in [-0.3, -0.25) is 4.79 Å². The molecule has 3 N–H and O–H groups in total. The molecule has 1 saturated heterocycles. The molecule has 1 aromatic heterocycles. The Bertz CT molecular complexity index is 470. The molecule has 0 aliphatic carbocycles. The lowest BCUT2D eigenvalue weighted by molar-refractivity contribution is -0.125. The molecular formula is C16H26N4O. The monoisotopic (exact) mass is 290 g/mol. The van der Waals surface area contributed by atoms with E-state index in [1.807, 2.05) is 18.3 Å². The van der Waals surface area contributed by atoms with Crippen molar-refractivity contribution in [3.05, 3.63) is 23.9 Å². The molecule has 2 heterocycles. The van der Waals surface area contributed by atoms with Gasteiger partial charge in [-0.1, -0.05) is 13.0 Å². The van der Waals surface area contributed by atoms with Crippen molar-refractivity contribution in [3.8, 4) is 0 Å². The molecule has 5 nitrogen and oxygen atoms in total. The summed E-state index contributed by atoms with van der Waals surface area (Å²) in [5, 5.41) is 2.83. The summed E-state index contributed by atoms with van der Waals surface area (Å²) in [5.74, 6) is 1.68. The molecule has 1 aromatic rings. The number of piperidine rings is 1. The summed E-state index contributed by atoms with van der Waals surface area (Å²) >= 11 is 0. The van der Waals surface area contributed by atoms with Crippen LogP contribution in [0, 0.1) is 5.92 Å². The van der Waals surface area contributed by atoms with Gasteiger partial charge in [0.1, 0.15) is 5.82 Å². The lowest BCUT2D eigenvalue weighted by Crippen LogP contribution is -2.48. The van der Waals surface area contributed by atoms with Gasteiger partial charge < -0.3 is 16.0 Å². The normalized spacial score (nSPS) is 16.9. The minimum Gasteiger partial charge on any atom is -0.357 e. The number of aromatic nitrogens is 1. The third kappa shape index (κ3) is 4.43. The Morgan fingerprint density at radius 3 is 2.62 bits per heavy atom. The zero-order valence-corrected chi connectivity index (χ0v) is 13.2. The molecule has 1 fully saturated rings. The molecule has 0 bridgehead atoms. The molecule has 1 amide bonds. The summed E-state index contributed by atoms with van der Waals surface area (Å²) in [7, 11) is 0. The summed E-state index contributed by atoms with van der Waals surface area (Å²) < 4.78 is 0. The van der Waals surface area contributed by atoms with Gasteiger partial charge in [0.25, 0.3) is 0 Å². The van der Waals surface area contributed by atoms with E-state index >= 15 is 0 Å². The third-order valence-electron chi connectivity index (χ3n) is 3.96. The lowest BCUT2D eigenvalue weighted by atomic mass is 9.99. The van der Waals surface area contributed by atoms with Crippen LogP contribution in [0.5, 0.6) is 0 Å². The van der Waals surface area contributed by atoms with Crippen LogP contribution in [-0.4, -0.2) is 29.5 Å². The predicted molar refractivity (Wildman–Crippen MR) is 85.0 cm³/mol. The fraction of sp³-hybridized carbons (Fsp3) is 0.625. The molecule has 1 aliphatic rings. The first-order valence-electron chi connectivity index (χ1n) is 7.63. The van der Waals surface area contributed by atoms with Crippen LogP contribution in [0.25, 0.3) is 0 Å². The molecule has 1 aliphatic heterocycles. The molecule has 5 heteroatoms. The summed E-state index contributed by atoms with van der Waals surface area (Å²) in [5.41, 5.74) is 5.88. The molecular weight excluding hydrogens is 264 g/mol. The van der Waals surface area contributed by atoms with Gasteiger partial charge >= 0.3 is 0 Å². The highest BCUT2D eigenvalue weighted by Crippen LogP contribution is 2.21. The Morgan fingerprint density at radius 2 is 2.10 bits per heavy atom. The number of carbonyl (C=O) groups is 1. The first-order chi connectivity index (χ1) is 9.86. The zero-order valence-electron chi connectivity index (χ0n) is 13.2. The van der Waals surface area contributed by atoms with Crippen LogP contribution in [0.3, 0.4) is 0 Å². The fourth-order valence-corrected chi connectivity index (χ4v) is 2.36. The summed E-state index contributed by atoms with van der Waals surface area (Å²) in [6.07, 6.45) is 4.29. The van der Waals surface area contributed by atoms with Gasteiger partial charge in [0, 0.05) is 25.8 Å². The second kappa shape index (κ2) is 6.43. The number of hydrogen-bond acceptors (Lipinski definition) is 4. The fourth-order valence-electron chi connectivity index (χ4n) is 2.36. The average molecular weight is 290 g/mol. The molecule has 21 heavy (non-hydrogen) atoms. The second-order valence-corrected chi connectivity index (χ2v) is 6.60. The van der Waals surface area contributed by atoms with E-state index in [1.54, 1.807) is 13.8 Å². The van der Waals surface area contributed by atoms with Crippen LogP contribution in [0.15, 0.2) is 18.3 Å². The maximum Gasteiger partial charge on any atom is 0.239 e. The van der Waals surface area contributed by atoms with E-state index in [0.29, 0.717) is 6.54 Å². The summed E-state index contributed by atoms with van der Waals surface area (Å²) in [6, 6.07) is 4.05. The number of nitrogens with one attached hydrogen (secondary N) is 1. The van der Waals surface area contributed by atoms with E-state index < -0.39 is 5.54 Å². The largest absolute Gasteiger partial charge is 0.357 e. The van der Waals surface area contributed by atoms with Gasteiger partial charge in [0.05, 0.1) is 5.54 Å². The Morgan fingerprint density at radius 1 is 1.43 bits per heavy atom. The van der Waals surface area contributed by atoms with E-state index in [-0.39, 0.29) is 5.91 Å². The number of anilines is 1. The first kappa shape index (κ1) is 15.8. The van der Waals surface area contributed by atoms with Gasteiger partial charge in [-0.15, -0.1) is 0 Å². The van der Waals surface area contributed by atoms with E-state index in [4.69, 9.17) is 5.73 Å². The molecule has 2 rings (SSSR count).